The van der Waals surface area contributed by atoms with E-state index in [-0.39, 0.29) is 21.6 Å². The van der Waals surface area contributed by atoms with E-state index in [1.165, 1.54) is 40.9 Å². The molecule has 232 valence electrons. The number of carbonyl (C=O) groups excluding carboxylic acids is 5. The van der Waals surface area contributed by atoms with Gasteiger partial charge in [-0.1, -0.05) is 30.3 Å². The Balaban J connectivity index is 1.19. The Bertz CT molecular complexity index is 1870. The molecule has 0 radical (unpaired) electrons. The molecule has 5 N–H and O–H groups in total. The van der Waals surface area contributed by atoms with E-state index in [1.807, 2.05) is 0 Å². The topological polar surface area (TPSA) is 213 Å². The highest BCUT2D eigenvalue weighted by molar-refractivity contribution is 8.01. The van der Waals surface area contributed by atoms with E-state index >= 15 is 0 Å². The van der Waals surface area contributed by atoms with Gasteiger partial charge in [0.15, 0.2) is 4.77 Å². The van der Waals surface area contributed by atoms with E-state index < -0.39 is 75.4 Å². The normalized spacial score (nSPS) is 23.2. The maximum atomic E-state index is 13.6. The number of amides is 3. The number of fused-ring (bicyclic) bond motifs is 2. The van der Waals surface area contributed by atoms with Crippen LogP contribution in [0.15, 0.2) is 53.3 Å². The quantitative estimate of drug-likeness (QED) is 0.137. The second kappa shape index (κ2) is 11.2. The van der Waals surface area contributed by atoms with Gasteiger partial charge in [-0.05, 0) is 49.8 Å². The molecule has 0 saturated carbocycles. The number of ether oxygens (including phenoxy) is 2. The van der Waals surface area contributed by atoms with Gasteiger partial charge in [-0.2, -0.15) is 5.10 Å². The fraction of sp³-hybridized carbons (Fsp3) is 0.286. The van der Waals surface area contributed by atoms with E-state index in [2.05, 4.69) is 25.8 Å². The Hall–Kier alpha value is -5.03. The summed E-state index contributed by atoms with van der Waals surface area (Å²) >= 11 is 6.06. The highest BCUT2D eigenvalue weighted by Crippen LogP contribution is 2.51. The van der Waals surface area contributed by atoms with Crippen molar-refractivity contribution in [2.24, 2.45) is 0 Å². The number of hydrogen-bond donors (Lipinski definition) is 5. The van der Waals surface area contributed by atoms with Crippen molar-refractivity contribution < 1.29 is 38.6 Å². The van der Waals surface area contributed by atoms with Crippen LogP contribution >= 0.6 is 24.0 Å². The Morgan fingerprint density at radius 2 is 1.84 bits per heavy atom. The lowest BCUT2D eigenvalue weighted by Crippen LogP contribution is -2.71. The van der Waals surface area contributed by atoms with Gasteiger partial charge < -0.3 is 30.1 Å². The van der Waals surface area contributed by atoms with Crippen molar-refractivity contribution in [2.75, 3.05) is 0 Å². The predicted octanol–water partition coefficient (Wildman–Crippen LogP) is 0.964. The number of aromatic nitrogens is 3. The average Bonchev–Trinajstić information content (AvgIpc) is 3.45. The molecule has 45 heavy (non-hydrogen) atoms. The summed E-state index contributed by atoms with van der Waals surface area (Å²) in [4.78, 5) is 81.3. The largest absolute Gasteiger partial charge is 0.508 e. The number of nitrogens with zero attached hydrogens (tertiary/aromatic N) is 2. The molecule has 4 heterocycles. The molecule has 5 atom stereocenters. The van der Waals surface area contributed by atoms with Crippen LogP contribution in [0.25, 0.3) is 0 Å². The molecule has 3 aliphatic heterocycles. The smallest absolute Gasteiger partial charge is 0.342 e. The Morgan fingerprint density at radius 1 is 1.13 bits per heavy atom. The first-order chi connectivity index (χ1) is 21.4. The lowest BCUT2D eigenvalue weighted by atomic mass is 9.95. The van der Waals surface area contributed by atoms with Crippen LogP contribution in [-0.2, 0) is 23.9 Å². The summed E-state index contributed by atoms with van der Waals surface area (Å²) in [7, 11) is 0. The summed E-state index contributed by atoms with van der Waals surface area (Å²) < 4.78 is 9.83. The Morgan fingerprint density at radius 3 is 2.56 bits per heavy atom. The molecule has 17 heteroatoms. The summed E-state index contributed by atoms with van der Waals surface area (Å²) in [5.74, 6) is -3.88. The van der Waals surface area contributed by atoms with Crippen molar-refractivity contribution >= 4 is 53.6 Å². The molecule has 3 amide bonds. The number of β-lactam (4-membered cyclic amide) rings is 1. The van der Waals surface area contributed by atoms with Crippen molar-refractivity contribution in [2.45, 2.75) is 48.4 Å². The number of aromatic hydroxyl groups is 1. The number of rotatable bonds is 7. The number of hydrogen-bond acceptors (Lipinski definition) is 12. The molecule has 0 spiro atoms. The minimum atomic E-state index is -1.42. The summed E-state index contributed by atoms with van der Waals surface area (Å²) in [6.07, 6.45) is -1.26. The summed E-state index contributed by atoms with van der Waals surface area (Å²) in [6.45, 7) is 3.50. The molecule has 2 unspecified atom stereocenters. The molecule has 15 nitrogen and oxygen atoms in total. The van der Waals surface area contributed by atoms with E-state index in [9.17, 15) is 33.9 Å². The zero-order valence-corrected chi connectivity index (χ0v) is 25.1. The number of aromatic amines is 2. The van der Waals surface area contributed by atoms with Gasteiger partial charge in [-0.25, -0.2) is 9.59 Å². The van der Waals surface area contributed by atoms with Crippen molar-refractivity contribution in [1.82, 2.24) is 30.7 Å². The first kappa shape index (κ1) is 30.0. The molecule has 2 saturated heterocycles. The maximum absolute atomic E-state index is 13.6. The van der Waals surface area contributed by atoms with Crippen LogP contribution < -0.4 is 16.2 Å². The lowest BCUT2D eigenvalue weighted by molar-refractivity contribution is -0.180. The van der Waals surface area contributed by atoms with Gasteiger partial charge in [0, 0.05) is 10.3 Å². The highest BCUT2D eigenvalue weighted by atomic mass is 32.2. The number of H-pyrrole nitrogens is 2. The van der Waals surface area contributed by atoms with Gasteiger partial charge in [0.05, 0.1) is 5.56 Å². The van der Waals surface area contributed by atoms with Gasteiger partial charge in [0.2, 0.25) is 17.5 Å². The molecule has 0 bridgehead atoms. The first-order valence-corrected chi connectivity index (χ1v) is 14.7. The number of carbonyl (C=O) groups is 5. The molecule has 6 rings (SSSR count). The third kappa shape index (κ3) is 5.33. The van der Waals surface area contributed by atoms with Gasteiger partial charge in [-0.15, -0.1) is 11.8 Å². The van der Waals surface area contributed by atoms with Crippen molar-refractivity contribution in [3.8, 4) is 5.75 Å². The summed E-state index contributed by atoms with van der Waals surface area (Å²) in [5, 5.41) is 20.1. The molecule has 3 aliphatic rings. The second-order valence-electron chi connectivity index (χ2n) is 10.9. The molecule has 3 aromatic rings. The van der Waals surface area contributed by atoms with Gasteiger partial charge in [0.25, 0.3) is 17.8 Å². The molecule has 2 fully saturated rings. The number of nitrogens with one attached hydrogen (secondary N) is 4. The van der Waals surface area contributed by atoms with Crippen LogP contribution in [0.2, 0.25) is 0 Å². The van der Waals surface area contributed by atoms with Gasteiger partial charge in [0.1, 0.15) is 29.2 Å². The number of cyclic esters (lactones) is 1. The standard InChI is InChI=1S/C28H24N6O9S2/c1-28(2)18(25(41)43-26-14-6-4-3-5-13(14)24(40)42-26)34-22(39)17(23(34)45-28)30-19(36)15(11-7-9-12(35)10-8-11)29-20(37)16-21(38)31-27(44)33-32-16/h3-10,15,17-18,23,26,35H,1-2H3,(H,29,37)(H,30,36)(H2,31,33,38,44)/t15?,17-,18+,23-,26?/m1/s1. The molecular formula is C28H24N6O9S2. The van der Waals surface area contributed by atoms with Crippen molar-refractivity contribution in [1.29, 1.82) is 0 Å². The number of esters is 2. The Labute approximate surface area is 262 Å². The molecule has 1 aromatic heterocycles. The molecule has 0 aliphatic carbocycles. The average molecular weight is 653 g/mol. The second-order valence-corrected chi connectivity index (χ2v) is 13.0. The van der Waals surface area contributed by atoms with Crippen LogP contribution in [0.1, 0.15) is 58.2 Å². The van der Waals surface area contributed by atoms with Gasteiger partial charge >= 0.3 is 11.9 Å². The number of phenolic OH excluding ortho intramolecular Hbond substituents is 1. The Kier molecular flexibility index (Phi) is 7.44. The van der Waals surface area contributed by atoms with Gasteiger partial charge in [-0.3, -0.25) is 29.3 Å². The van der Waals surface area contributed by atoms with Crippen molar-refractivity contribution in [3.05, 3.63) is 86.0 Å². The minimum absolute atomic E-state index is 0.0961. The van der Waals surface area contributed by atoms with Crippen LogP contribution in [0.3, 0.4) is 0 Å². The predicted molar refractivity (Wildman–Crippen MR) is 157 cm³/mol. The summed E-state index contributed by atoms with van der Waals surface area (Å²) in [6, 6.07) is 8.32. The van der Waals surface area contributed by atoms with E-state index in [4.69, 9.17) is 21.7 Å². The third-order valence-electron chi connectivity index (χ3n) is 7.52. The number of thioether (sulfide) groups is 1. The van der Waals surface area contributed by atoms with Crippen LogP contribution in [0.5, 0.6) is 5.75 Å². The first-order valence-electron chi connectivity index (χ1n) is 13.5. The zero-order valence-electron chi connectivity index (χ0n) is 23.4. The van der Waals surface area contributed by atoms with Crippen molar-refractivity contribution in [3.63, 3.8) is 0 Å². The van der Waals surface area contributed by atoms with Crippen LogP contribution in [0, 0.1) is 4.77 Å². The third-order valence-corrected chi connectivity index (χ3v) is 9.29. The molecule has 2 aromatic carbocycles. The fourth-order valence-electron chi connectivity index (χ4n) is 5.40. The van der Waals surface area contributed by atoms with Crippen LogP contribution in [-0.4, -0.2) is 77.1 Å². The van der Waals surface area contributed by atoms with Crippen LogP contribution in [0.4, 0.5) is 0 Å². The zero-order chi connectivity index (χ0) is 32.2. The number of benzene rings is 2. The fourth-order valence-corrected chi connectivity index (χ4v) is 7.16. The van der Waals surface area contributed by atoms with E-state index in [0.29, 0.717) is 5.56 Å². The lowest BCUT2D eigenvalue weighted by Gasteiger charge is -2.44. The van der Waals surface area contributed by atoms with E-state index in [1.54, 1.807) is 38.1 Å². The van der Waals surface area contributed by atoms with E-state index in [0.717, 1.165) is 0 Å². The highest BCUT2D eigenvalue weighted by Gasteiger charge is 2.65. The minimum Gasteiger partial charge on any atom is -0.508 e. The maximum Gasteiger partial charge on any atom is 0.342 e. The number of phenols is 1. The molecular weight excluding hydrogens is 628 g/mol. The SMILES string of the molecule is CC1(C)S[C@@H]2[C@H](NC(=O)C(NC(=O)c3n[nH]c(=S)[nH]c3=O)c3ccc(O)cc3)C(=O)N2[C@H]1C(=O)OC1OC(=O)c2ccccc21. The summed E-state index contributed by atoms with van der Waals surface area (Å²) in [5.41, 5.74) is -0.564. The monoisotopic (exact) mass is 652 g/mol.